The molecule has 0 spiro atoms. The van der Waals surface area contributed by atoms with E-state index in [1.54, 1.807) is 26.7 Å². The summed E-state index contributed by atoms with van der Waals surface area (Å²) in [5.41, 5.74) is 2.56. The van der Waals surface area contributed by atoms with Crippen LogP contribution in [-0.2, 0) is 11.3 Å². The van der Waals surface area contributed by atoms with Crippen LogP contribution >= 0.6 is 11.3 Å². The van der Waals surface area contributed by atoms with Gasteiger partial charge in [-0.25, -0.2) is 4.98 Å². The molecule has 0 radical (unpaired) electrons. The van der Waals surface area contributed by atoms with Gasteiger partial charge in [0.05, 0.1) is 24.9 Å². The van der Waals surface area contributed by atoms with Gasteiger partial charge in [0.2, 0.25) is 0 Å². The lowest BCUT2D eigenvalue weighted by molar-refractivity contribution is 0.0299. The van der Waals surface area contributed by atoms with Crippen molar-refractivity contribution in [3.05, 3.63) is 28.5 Å². The maximum absolute atomic E-state index is 12.5. The first-order valence-electron chi connectivity index (χ1n) is 9.15. The summed E-state index contributed by atoms with van der Waals surface area (Å²) in [4.78, 5) is 32.7. The highest BCUT2D eigenvalue weighted by Gasteiger charge is 2.27. The van der Waals surface area contributed by atoms with Gasteiger partial charge in [0, 0.05) is 38.1 Å². The number of morpholine rings is 1. The molecule has 2 aliphatic heterocycles. The number of carbonyl (C=O) groups is 2. The Hall–Kier alpha value is -2.33. The summed E-state index contributed by atoms with van der Waals surface area (Å²) in [5, 5.41) is 9.95. The van der Waals surface area contributed by atoms with E-state index in [9.17, 15) is 9.59 Å². The molecule has 0 aliphatic carbocycles. The van der Waals surface area contributed by atoms with Crippen LogP contribution in [0.3, 0.4) is 0 Å². The van der Waals surface area contributed by atoms with E-state index in [-0.39, 0.29) is 17.7 Å². The Balaban J connectivity index is 1.35. The highest BCUT2D eigenvalue weighted by molar-refractivity contribution is 7.07. The smallest absolute Gasteiger partial charge is 0.276 e. The first kappa shape index (κ1) is 18.1. The van der Waals surface area contributed by atoms with E-state index in [1.807, 2.05) is 4.90 Å². The van der Waals surface area contributed by atoms with E-state index in [2.05, 4.69) is 15.3 Å². The molecule has 4 heterocycles. The largest absolute Gasteiger partial charge is 0.378 e. The zero-order valence-electron chi connectivity index (χ0n) is 15.0. The van der Waals surface area contributed by atoms with Crippen molar-refractivity contribution in [1.29, 1.82) is 0 Å². The number of piperidine rings is 1. The van der Waals surface area contributed by atoms with Crippen LogP contribution in [0.2, 0.25) is 0 Å². The summed E-state index contributed by atoms with van der Waals surface area (Å²) >= 11 is 1.43. The van der Waals surface area contributed by atoms with Crippen molar-refractivity contribution < 1.29 is 14.3 Å². The number of aromatic nitrogens is 4. The molecule has 2 fully saturated rings. The summed E-state index contributed by atoms with van der Waals surface area (Å²) in [5.74, 6) is 0.172. The van der Waals surface area contributed by atoms with E-state index in [1.165, 1.54) is 11.3 Å². The van der Waals surface area contributed by atoms with Gasteiger partial charge in [-0.3, -0.25) is 14.3 Å². The monoisotopic (exact) mass is 390 g/mol. The zero-order chi connectivity index (χ0) is 18.6. The molecule has 2 amide bonds. The first-order chi connectivity index (χ1) is 13.2. The number of thiazole rings is 1. The van der Waals surface area contributed by atoms with Gasteiger partial charge in [0.25, 0.3) is 11.8 Å². The molecule has 10 heteroatoms. The molecule has 0 N–H and O–H groups in total. The Morgan fingerprint density at radius 1 is 1.15 bits per heavy atom. The molecule has 0 unspecified atom stereocenters. The Kier molecular flexibility index (Phi) is 5.44. The normalized spacial score (nSPS) is 20.7. The van der Waals surface area contributed by atoms with Crippen LogP contribution in [0.5, 0.6) is 0 Å². The fourth-order valence-corrected chi connectivity index (χ4v) is 4.08. The van der Waals surface area contributed by atoms with Crippen LogP contribution < -0.4 is 0 Å². The van der Waals surface area contributed by atoms with Crippen molar-refractivity contribution in [1.82, 2.24) is 29.8 Å². The summed E-state index contributed by atoms with van der Waals surface area (Å²) in [6, 6.07) is 0. The van der Waals surface area contributed by atoms with Crippen LogP contribution in [0.15, 0.2) is 17.1 Å². The molecule has 27 heavy (non-hydrogen) atoms. The maximum Gasteiger partial charge on any atom is 0.276 e. The minimum absolute atomic E-state index is 0.0114. The maximum atomic E-state index is 12.5. The number of likely N-dealkylation sites (tertiary alicyclic amines) is 1. The van der Waals surface area contributed by atoms with E-state index in [0.29, 0.717) is 50.8 Å². The van der Waals surface area contributed by atoms with Crippen LogP contribution in [0, 0.1) is 5.92 Å². The van der Waals surface area contributed by atoms with Gasteiger partial charge in [-0.15, -0.1) is 16.4 Å². The second kappa shape index (κ2) is 8.13. The molecule has 9 nitrogen and oxygen atoms in total. The lowest BCUT2D eigenvalue weighted by atomic mass is 9.98. The highest BCUT2D eigenvalue weighted by Crippen LogP contribution is 2.20. The molecule has 0 bridgehead atoms. The van der Waals surface area contributed by atoms with Crippen molar-refractivity contribution >= 4 is 23.2 Å². The van der Waals surface area contributed by atoms with Crippen molar-refractivity contribution in [3.63, 3.8) is 0 Å². The third-order valence-corrected chi connectivity index (χ3v) is 5.55. The fourth-order valence-electron chi connectivity index (χ4n) is 3.56. The highest BCUT2D eigenvalue weighted by atomic mass is 32.1. The van der Waals surface area contributed by atoms with Gasteiger partial charge >= 0.3 is 0 Å². The molecule has 144 valence electrons. The van der Waals surface area contributed by atoms with Crippen molar-refractivity contribution in [2.24, 2.45) is 5.92 Å². The van der Waals surface area contributed by atoms with Crippen molar-refractivity contribution in [2.45, 2.75) is 19.4 Å². The van der Waals surface area contributed by atoms with Crippen molar-refractivity contribution in [2.75, 3.05) is 39.4 Å². The lowest BCUT2D eigenvalue weighted by Crippen LogP contribution is -2.41. The lowest BCUT2D eigenvalue weighted by Gasteiger charge is -2.32. The molecular formula is C17H22N6O3S. The SMILES string of the molecule is O=C(c1cscn1)N1CCC[C@H](Cn2cc(C(=O)N3CCOCC3)nn2)C1. The average molecular weight is 390 g/mol. The summed E-state index contributed by atoms with van der Waals surface area (Å²) < 4.78 is 6.99. The zero-order valence-corrected chi connectivity index (χ0v) is 15.8. The third-order valence-electron chi connectivity index (χ3n) is 4.96. The first-order valence-corrected chi connectivity index (χ1v) is 10.1. The van der Waals surface area contributed by atoms with E-state index in [0.717, 1.165) is 19.4 Å². The Morgan fingerprint density at radius 2 is 1.96 bits per heavy atom. The molecule has 0 saturated carbocycles. The van der Waals surface area contributed by atoms with Crippen LogP contribution in [-0.4, -0.2) is 81.0 Å². The standard InChI is InChI=1S/C17H22N6O3S/c24-16(21-4-6-26-7-5-21)14-10-23(20-19-14)9-13-2-1-3-22(8-13)17(25)15-11-27-12-18-15/h10-13H,1-9H2/t13-/m0/s1. The van der Waals surface area contributed by atoms with Gasteiger partial charge < -0.3 is 14.5 Å². The van der Waals surface area contributed by atoms with Gasteiger partial charge in [-0.1, -0.05) is 5.21 Å². The second-order valence-electron chi connectivity index (χ2n) is 6.86. The number of carbonyl (C=O) groups excluding carboxylic acids is 2. The van der Waals surface area contributed by atoms with Crippen LogP contribution in [0.1, 0.15) is 33.8 Å². The van der Waals surface area contributed by atoms with Gasteiger partial charge in [0.15, 0.2) is 5.69 Å². The van der Waals surface area contributed by atoms with Crippen molar-refractivity contribution in [3.8, 4) is 0 Å². The van der Waals surface area contributed by atoms with Crippen LogP contribution in [0.25, 0.3) is 0 Å². The summed E-state index contributed by atoms with van der Waals surface area (Å²) in [7, 11) is 0. The molecule has 4 rings (SSSR count). The average Bonchev–Trinajstić information content (AvgIpc) is 3.40. The molecule has 2 aliphatic rings. The number of ether oxygens (including phenoxy) is 1. The predicted octanol–water partition coefficient (Wildman–Crippen LogP) is 0.759. The molecule has 0 aromatic carbocycles. The molecule has 2 aromatic heterocycles. The van der Waals surface area contributed by atoms with Gasteiger partial charge in [0.1, 0.15) is 5.69 Å². The van der Waals surface area contributed by atoms with E-state index >= 15 is 0 Å². The number of hydrogen-bond donors (Lipinski definition) is 0. The number of rotatable bonds is 4. The van der Waals surface area contributed by atoms with Gasteiger partial charge in [-0.05, 0) is 18.8 Å². The molecule has 1 atom stereocenters. The molecule has 2 aromatic rings. The molecule has 2 saturated heterocycles. The third kappa shape index (κ3) is 4.16. The van der Waals surface area contributed by atoms with Crippen LogP contribution in [0.4, 0.5) is 0 Å². The Bertz CT molecular complexity index is 786. The number of hydrogen-bond acceptors (Lipinski definition) is 7. The minimum atomic E-state index is -0.103. The summed E-state index contributed by atoms with van der Waals surface area (Å²) in [6.45, 7) is 4.36. The van der Waals surface area contributed by atoms with E-state index in [4.69, 9.17) is 4.74 Å². The number of nitrogens with zero attached hydrogens (tertiary/aromatic N) is 6. The number of amides is 2. The van der Waals surface area contributed by atoms with E-state index < -0.39 is 0 Å². The topological polar surface area (TPSA) is 93.5 Å². The Morgan fingerprint density at radius 3 is 2.74 bits per heavy atom. The fraction of sp³-hybridized carbons (Fsp3) is 0.588. The minimum Gasteiger partial charge on any atom is -0.378 e. The Labute approximate surface area is 160 Å². The summed E-state index contributed by atoms with van der Waals surface area (Å²) in [6.07, 6.45) is 3.68. The quantitative estimate of drug-likeness (QED) is 0.765. The van der Waals surface area contributed by atoms with Gasteiger partial charge in [-0.2, -0.15) is 0 Å². The molecular weight excluding hydrogens is 368 g/mol. The second-order valence-corrected chi connectivity index (χ2v) is 7.58. The predicted molar refractivity (Wildman–Crippen MR) is 97.5 cm³/mol.